The molecule has 4 nitrogen and oxygen atoms in total. The number of fused-ring (bicyclic) bond motifs is 1. The number of benzene rings is 3. The largest absolute Gasteiger partial charge is 0.496 e. The topological polar surface area (TPSA) is 47.6 Å². The third-order valence-corrected chi connectivity index (χ3v) is 4.87. The second-order valence-electron chi connectivity index (χ2n) is 6.74. The number of halogens is 1. The molecule has 0 saturated carbocycles. The lowest BCUT2D eigenvalue weighted by Crippen LogP contribution is -2.05. The molecule has 1 N–H and O–H groups in total. The van der Waals surface area contributed by atoms with Crippen LogP contribution in [0.15, 0.2) is 60.7 Å². The van der Waals surface area contributed by atoms with Gasteiger partial charge in [-0.3, -0.25) is 4.79 Å². The molecule has 142 valence electrons. The summed E-state index contributed by atoms with van der Waals surface area (Å²) in [5.74, 6) is 1.06. The van der Waals surface area contributed by atoms with E-state index in [0.717, 1.165) is 27.9 Å². The van der Waals surface area contributed by atoms with E-state index < -0.39 is 0 Å². The van der Waals surface area contributed by atoms with Crippen molar-refractivity contribution in [2.45, 2.75) is 19.4 Å². The van der Waals surface area contributed by atoms with E-state index in [0.29, 0.717) is 17.9 Å². The van der Waals surface area contributed by atoms with Crippen LogP contribution in [0.3, 0.4) is 0 Å². The Kier molecular flexibility index (Phi) is 4.74. The molecule has 0 aliphatic carbocycles. The summed E-state index contributed by atoms with van der Waals surface area (Å²) >= 11 is 0. The maximum atomic E-state index is 13.2. The third-order valence-electron chi connectivity index (χ3n) is 4.87. The second kappa shape index (κ2) is 7.35. The van der Waals surface area contributed by atoms with Gasteiger partial charge in [0.05, 0.1) is 19.1 Å². The van der Waals surface area contributed by atoms with Gasteiger partial charge in [0.15, 0.2) is 0 Å². The predicted octanol–water partition coefficient (Wildman–Crippen LogP) is 5.14. The standard InChI is InChI=1S/C23H20FNO3/c1-14(15-6-9-18(24)10-7-15)28-21-5-3-4-20(27-2)23(21)16-8-11-19-17(12-16)13-22(26)25-19/h3-12,14H,13H2,1-2H3,(H,25,26). The van der Waals surface area contributed by atoms with Gasteiger partial charge < -0.3 is 14.8 Å². The molecular weight excluding hydrogens is 357 g/mol. The Labute approximate surface area is 162 Å². The quantitative estimate of drug-likeness (QED) is 0.670. The molecule has 1 unspecified atom stereocenters. The van der Waals surface area contributed by atoms with Crippen molar-refractivity contribution in [1.82, 2.24) is 0 Å². The minimum atomic E-state index is -0.278. The van der Waals surface area contributed by atoms with Crippen molar-refractivity contribution in [3.05, 3.63) is 77.6 Å². The Bertz CT molecular complexity index is 1030. The van der Waals surface area contributed by atoms with Gasteiger partial charge in [-0.05, 0) is 60.0 Å². The Morgan fingerprint density at radius 1 is 1.04 bits per heavy atom. The van der Waals surface area contributed by atoms with Crippen LogP contribution in [0.5, 0.6) is 11.5 Å². The number of nitrogens with one attached hydrogen (secondary N) is 1. The number of rotatable bonds is 5. The van der Waals surface area contributed by atoms with Crippen molar-refractivity contribution in [2.75, 3.05) is 12.4 Å². The number of hydrogen-bond acceptors (Lipinski definition) is 3. The highest BCUT2D eigenvalue weighted by Gasteiger charge is 2.21. The predicted molar refractivity (Wildman–Crippen MR) is 106 cm³/mol. The molecule has 0 fully saturated rings. The van der Waals surface area contributed by atoms with Gasteiger partial charge in [0.25, 0.3) is 0 Å². The van der Waals surface area contributed by atoms with E-state index in [-0.39, 0.29) is 17.8 Å². The first-order valence-electron chi connectivity index (χ1n) is 9.07. The minimum absolute atomic E-state index is 0.00594. The fraction of sp³-hybridized carbons (Fsp3) is 0.174. The molecular formula is C23H20FNO3. The van der Waals surface area contributed by atoms with Crippen molar-refractivity contribution in [1.29, 1.82) is 0 Å². The summed E-state index contributed by atoms with van der Waals surface area (Å²) in [5, 5.41) is 2.85. The van der Waals surface area contributed by atoms with Crippen LogP contribution >= 0.6 is 0 Å². The zero-order valence-electron chi connectivity index (χ0n) is 15.7. The Morgan fingerprint density at radius 3 is 2.54 bits per heavy atom. The van der Waals surface area contributed by atoms with Gasteiger partial charge in [-0.15, -0.1) is 0 Å². The highest BCUT2D eigenvalue weighted by molar-refractivity contribution is 6.00. The lowest BCUT2D eigenvalue weighted by atomic mass is 9.99. The van der Waals surface area contributed by atoms with Crippen molar-refractivity contribution in [3.8, 4) is 22.6 Å². The molecule has 0 radical (unpaired) electrons. The van der Waals surface area contributed by atoms with Crippen LogP contribution in [0.25, 0.3) is 11.1 Å². The first-order valence-corrected chi connectivity index (χ1v) is 9.07. The van der Waals surface area contributed by atoms with Crippen molar-refractivity contribution < 1.29 is 18.7 Å². The fourth-order valence-electron chi connectivity index (χ4n) is 3.44. The number of methoxy groups -OCH3 is 1. The number of hydrogen-bond donors (Lipinski definition) is 1. The number of carbonyl (C=O) groups is 1. The zero-order chi connectivity index (χ0) is 19.7. The smallest absolute Gasteiger partial charge is 0.228 e. The fourth-order valence-corrected chi connectivity index (χ4v) is 3.44. The summed E-state index contributed by atoms with van der Waals surface area (Å²) in [6, 6.07) is 17.7. The van der Waals surface area contributed by atoms with E-state index in [2.05, 4.69) is 5.32 Å². The average molecular weight is 377 g/mol. The molecule has 0 bridgehead atoms. The Morgan fingerprint density at radius 2 is 1.79 bits per heavy atom. The molecule has 4 rings (SSSR count). The van der Waals surface area contributed by atoms with Crippen LogP contribution in [0.4, 0.5) is 10.1 Å². The molecule has 3 aromatic rings. The SMILES string of the molecule is COc1cccc(OC(C)c2ccc(F)cc2)c1-c1ccc2c(c1)CC(=O)N2. The lowest BCUT2D eigenvalue weighted by molar-refractivity contribution is -0.115. The summed E-state index contributed by atoms with van der Waals surface area (Å²) < 4.78 is 25.0. The normalized spacial score (nSPS) is 13.6. The van der Waals surface area contributed by atoms with E-state index in [1.54, 1.807) is 19.2 Å². The molecule has 28 heavy (non-hydrogen) atoms. The number of carbonyl (C=O) groups excluding carboxylic acids is 1. The zero-order valence-corrected chi connectivity index (χ0v) is 15.7. The Balaban J connectivity index is 1.72. The van der Waals surface area contributed by atoms with Crippen LogP contribution in [-0.2, 0) is 11.2 Å². The Hall–Kier alpha value is -3.34. The summed E-state index contributed by atoms with van der Waals surface area (Å²) in [7, 11) is 1.62. The molecule has 3 aromatic carbocycles. The van der Waals surface area contributed by atoms with E-state index in [1.165, 1.54) is 12.1 Å². The summed E-state index contributed by atoms with van der Waals surface area (Å²) in [5.41, 5.74) is 4.39. The van der Waals surface area contributed by atoms with Crippen LogP contribution in [0.1, 0.15) is 24.2 Å². The number of anilines is 1. The summed E-state index contributed by atoms with van der Waals surface area (Å²) in [6.45, 7) is 1.92. The monoisotopic (exact) mass is 377 g/mol. The first-order chi connectivity index (χ1) is 13.5. The van der Waals surface area contributed by atoms with Gasteiger partial charge in [0.2, 0.25) is 5.91 Å². The minimum Gasteiger partial charge on any atom is -0.496 e. The van der Waals surface area contributed by atoms with E-state index in [4.69, 9.17) is 9.47 Å². The molecule has 0 spiro atoms. The van der Waals surface area contributed by atoms with Crippen LogP contribution in [-0.4, -0.2) is 13.0 Å². The average Bonchev–Trinajstić information content (AvgIpc) is 3.07. The van der Waals surface area contributed by atoms with Gasteiger partial charge in [0.1, 0.15) is 23.4 Å². The van der Waals surface area contributed by atoms with Crippen LogP contribution in [0.2, 0.25) is 0 Å². The molecule has 5 heteroatoms. The van der Waals surface area contributed by atoms with Crippen LogP contribution in [0, 0.1) is 5.82 Å². The molecule has 1 amide bonds. The number of amides is 1. The second-order valence-corrected chi connectivity index (χ2v) is 6.74. The van der Waals surface area contributed by atoms with Crippen molar-refractivity contribution in [2.24, 2.45) is 0 Å². The number of ether oxygens (including phenoxy) is 2. The molecule has 1 aliphatic rings. The van der Waals surface area contributed by atoms with E-state index in [9.17, 15) is 9.18 Å². The highest BCUT2D eigenvalue weighted by Crippen LogP contribution is 2.41. The van der Waals surface area contributed by atoms with Gasteiger partial charge in [-0.2, -0.15) is 0 Å². The molecule has 0 saturated heterocycles. The van der Waals surface area contributed by atoms with Crippen LogP contribution < -0.4 is 14.8 Å². The van der Waals surface area contributed by atoms with Gasteiger partial charge in [0, 0.05) is 5.69 Å². The van der Waals surface area contributed by atoms with Gasteiger partial charge in [-0.25, -0.2) is 4.39 Å². The van der Waals surface area contributed by atoms with E-state index >= 15 is 0 Å². The maximum Gasteiger partial charge on any atom is 0.228 e. The van der Waals surface area contributed by atoms with E-state index in [1.807, 2.05) is 43.3 Å². The highest BCUT2D eigenvalue weighted by atomic mass is 19.1. The first kappa shape index (κ1) is 18.0. The summed E-state index contributed by atoms with van der Waals surface area (Å²) in [4.78, 5) is 11.7. The van der Waals surface area contributed by atoms with Crippen molar-refractivity contribution >= 4 is 11.6 Å². The maximum absolute atomic E-state index is 13.2. The molecule has 0 aromatic heterocycles. The molecule has 1 atom stereocenters. The molecule has 1 heterocycles. The molecule has 1 aliphatic heterocycles. The third kappa shape index (κ3) is 3.43. The summed E-state index contributed by atoms with van der Waals surface area (Å²) in [6.07, 6.45) is 0.0876. The van der Waals surface area contributed by atoms with Gasteiger partial charge in [-0.1, -0.05) is 24.3 Å². The van der Waals surface area contributed by atoms with Gasteiger partial charge >= 0.3 is 0 Å². The van der Waals surface area contributed by atoms with Crippen molar-refractivity contribution in [3.63, 3.8) is 0 Å². The lowest BCUT2D eigenvalue weighted by Gasteiger charge is -2.20.